The fourth-order valence-corrected chi connectivity index (χ4v) is 5.24. The number of fused-ring (bicyclic) bond motifs is 7. The van der Waals surface area contributed by atoms with E-state index in [-0.39, 0.29) is 0 Å². The maximum absolute atomic E-state index is 6.19. The Morgan fingerprint density at radius 1 is 0.486 bits per heavy atom. The minimum Gasteiger partial charge on any atom is -0.454 e. The first kappa shape index (κ1) is 20.1. The lowest BCUT2D eigenvalue weighted by molar-refractivity contribution is 0.668. The zero-order valence-electron chi connectivity index (χ0n) is 19.6. The number of benzene rings is 4. The Morgan fingerprint density at radius 2 is 1.00 bits per heavy atom. The van der Waals surface area contributed by atoms with Gasteiger partial charge in [0.1, 0.15) is 22.2 Å². The second-order valence-electron chi connectivity index (χ2n) is 9.11. The van der Waals surface area contributed by atoms with Crippen LogP contribution in [-0.2, 0) is 0 Å². The summed E-state index contributed by atoms with van der Waals surface area (Å²) in [5.41, 5.74) is 7.59. The highest BCUT2D eigenvalue weighted by Crippen LogP contribution is 2.41. The molecular weight excluding hydrogens is 458 g/mol. The van der Waals surface area contributed by atoms with Gasteiger partial charge in [0.25, 0.3) is 0 Å². The predicted molar refractivity (Wildman–Crippen MR) is 149 cm³/mol. The van der Waals surface area contributed by atoms with Gasteiger partial charge in [-0.2, -0.15) is 0 Å². The maximum atomic E-state index is 6.19. The van der Waals surface area contributed by atoms with E-state index in [4.69, 9.17) is 18.8 Å². The van der Waals surface area contributed by atoms with Crippen LogP contribution in [0.4, 0.5) is 17.1 Å². The van der Waals surface area contributed by atoms with Crippen LogP contribution in [0.3, 0.4) is 0 Å². The Kier molecular flexibility index (Phi) is 4.16. The summed E-state index contributed by atoms with van der Waals surface area (Å²) in [7, 11) is 0. The Balaban J connectivity index is 1.40. The van der Waals surface area contributed by atoms with Crippen LogP contribution in [0.2, 0.25) is 0 Å². The van der Waals surface area contributed by atoms with Crippen LogP contribution in [0.5, 0.6) is 0 Å². The molecule has 8 rings (SSSR count). The van der Waals surface area contributed by atoms with Crippen molar-refractivity contribution in [1.29, 1.82) is 0 Å². The van der Waals surface area contributed by atoms with Gasteiger partial charge in [-0.05, 0) is 35.7 Å². The molecule has 4 aromatic heterocycles. The predicted octanol–water partition coefficient (Wildman–Crippen LogP) is 8.90. The van der Waals surface area contributed by atoms with E-state index in [0.717, 1.165) is 72.0 Å². The molecule has 0 aliphatic carbocycles. The molecule has 0 aliphatic rings. The molecule has 0 saturated carbocycles. The minimum atomic E-state index is 0.738. The second kappa shape index (κ2) is 7.67. The topological polar surface area (TPSA) is 55.3 Å². The third kappa shape index (κ3) is 3.04. The van der Waals surface area contributed by atoms with Gasteiger partial charge in [0.05, 0.1) is 29.5 Å². The molecule has 0 amide bonds. The molecule has 0 spiro atoms. The van der Waals surface area contributed by atoms with Crippen LogP contribution in [0.15, 0.2) is 124 Å². The van der Waals surface area contributed by atoms with E-state index in [1.54, 1.807) is 0 Å². The average molecular weight is 478 g/mol. The second-order valence-corrected chi connectivity index (χ2v) is 9.11. The average Bonchev–Trinajstić information content (AvgIpc) is 3.51. The smallest absolute Gasteiger partial charge is 0.155 e. The van der Waals surface area contributed by atoms with Crippen LogP contribution >= 0.6 is 0 Å². The lowest BCUT2D eigenvalue weighted by Crippen LogP contribution is -2.11. The fourth-order valence-electron chi connectivity index (χ4n) is 5.24. The molecule has 0 aliphatic heterocycles. The third-order valence-corrected chi connectivity index (χ3v) is 6.92. The van der Waals surface area contributed by atoms with Gasteiger partial charge in [0.15, 0.2) is 11.2 Å². The molecule has 8 aromatic rings. The molecule has 0 unspecified atom stereocenters. The van der Waals surface area contributed by atoms with Gasteiger partial charge in [-0.25, -0.2) is 9.97 Å². The van der Waals surface area contributed by atoms with Crippen molar-refractivity contribution >= 4 is 72.0 Å². The fraction of sp³-hybridized carbons (Fsp3) is 0. The summed E-state index contributed by atoms with van der Waals surface area (Å²) in [5, 5.41) is 4.29. The highest BCUT2D eigenvalue weighted by atomic mass is 16.3. The molecule has 0 radical (unpaired) electrons. The molecule has 37 heavy (non-hydrogen) atoms. The molecular formula is C32H19N3O2. The number of hydrogen-bond acceptors (Lipinski definition) is 5. The number of para-hydroxylation sites is 2. The molecule has 0 N–H and O–H groups in total. The summed E-state index contributed by atoms with van der Waals surface area (Å²) < 4.78 is 12.4. The summed E-state index contributed by atoms with van der Waals surface area (Å²) in [6, 6.07) is 34.8. The first-order chi connectivity index (χ1) is 18.3. The molecule has 0 saturated heterocycles. The number of rotatable bonds is 3. The van der Waals surface area contributed by atoms with Crippen molar-refractivity contribution in [3.8, 4) is 0 Å². The summed E-state index contributed by atoms with van der Waals surface area (Å²) in [6.07, 6.45) is 3.80. The first-order valence-electron chi connectivity index (χ1n) is 12.2. The van der Waals surface area contributed by atoms with Crippen LogP contribution < -0.4 is 4.90 Å². The van der Waals surface area contributed by atoms with Gasteiger partial charge in [-0.15, -0.1) is 0 Å². The van der Waals surface area contributed by atoms with E-state index in [0.29, 0.717) is 0 Å². The van der Waals surface area contributed by atoms with Crippen molar-refractivity contribution in [2.75, 3.05) is 4.90 Å². The van der Waals surface area contributed by atoms with E-state index in [9.17, 15) is 0 Å². The van der Waals surface area contributed by atoms with Crippen molar-refractivity contribution in [3.05, 3.63) is 116 Å². The Labute approximate surface area is 211 Å². The highest BCUT2D eigenvalue weighted by molar-refractivity contribution is 6.06. The monoisotopic (exact) mass is 477 g/mol. The van der Waals surface area contributed by atoms with Crippen molar-refractivity contribution in [2.24, 2.45) is 0 Å². The number of furan rings is 2. The van der Waals surface area contributed by atoms with Gasteiger partial charge in [0, 0.05) is 28.3 Å². The Bertz CT molecular complexity index is 2000. The normalized spacial score (nSPS) is 11.8. The molecule has 5 heteroatoms. The first-order valence-corrected chi connectivity index (χ1v) is 12.2. The number of hydrogen-bond donors (Lipinski definition) is 0. The van der Waals surface area contributed by atoms with E-state index in [2.05, 4.69) is 47.4 Å². The SMILES string of the molecule is c1ccc2c(N(c3cnc4c(c3)oc3ccccc34)c3cnc4c(c3)oc3ccccc34)cccc2c1. The van der Waals surface area contributed by atoms with Crippen LogP contribution in [0.1, 0.15) is 0 Å². The number of nitrogens with zero attached hydrogens (tertiary/aromatic N) is 3. The van der Waals surface area contributed by atoms with E-state index in [1.165, 1.54) is 0 Å². The van der Waals surface area contributed by atoms with Gasteiger partial charge in [0.2, 0.25) is 0 Å². The Hall–Kier alpha value is -5.16. The zero-order chi connectivity index (χ0) is 24.3. The molecule has 0 fully saturated rings. The van der Waals surface area contributed by atoms with Crippen LogP contribution in [0, 0.1) is 0 Å². The standard InChI is InChI=1S/C32H19N3O2/c1-2-10-23-20(8-1)9-7-13-26(23)35(21-16-29-31(33-18-21)24-11-3-5-14-27(24)36-29)22-17-30-32(34-19-22)25-12-4-6-15-28(25)37-30/h1-19H. The van der Waals surface area contributed by atoms with Crippen molar-refractivity contribution < 1.29 is 8.83 Å². The van der Waals surface area contributed by atoms with Gasteiger partial charge < -0.3 is 13.7 Å². The minimum absolute atomic E-state index is 0.738. The van der Waals surface area contributed by atoms with Crippen molar-refractivity contribution in [1.82, 2.24) is 9.97 Å². The number of pyridine rings is 2. The van der Waals surface area contributed by atoms with E-state index >= 15 is 0 Å². The summed E-state index contributed by atoms with van der Waals surface area (Å²) in [6.45, 7) is 0. The van der Waals surface area contributed by atoms with Crippen molar-refractivity contribution in [2.45, 2.75) is 0 Å². The van der Waals surface area contributed by atoms with Gasteiger partial charge in [-0.3, -0.25) is 0 Å². The molecule has 174 valence electrons. The maximum Gasteiger partial charge on any atom is 0.155 e. The summed E-state index contributed by atoms with van der Waals surface area (Å²) in [5.74, 6) is 0. The van der Waals surface area contributed by atoms with Crippen molar-refractivity contribution in [3.63, 3.8) is 0 Å². The molecule has 4 aromatic carbocycles. The van der Waals surface area contributed by atoms with Crippen LogP contribution in [0.25, 0.3) is 54.9 Å². The Morgan fingerprint density at radius 3 is 1.62 bits per heavy atom. The largest absolute Gasteiger partial charge is 0.454 e. The lowest BCUT2D eigenvalue weighted by Gasteiger charge is -2.26. The lowest BCUT2D eigenvalue weighted by atomic mass is 10.1. The van der Waals surface area contributed by atoms with E-state index in [1.807, 2.05) is 73.1 Å². The van der Waals surface area contributed by atoms with Gasteiger partial charge >= 0.3 is 0 Å². The number of anilines is 3. The zero-order valence-corrected chi connectivity index (χ0v) is 19.6. The number of aromatic nitrogens is 2. The molecule has 0 bridgehead atoms. The van der Waals surface area contributed by atoms with E-state index < -0.39 is 0 Å². The summed E-state index contributed by atoms with van der Waals surface area (Å²) in [4.78, 5) is 11.8. The van der Waals surface area contributed by atoms with Crippen LogP contribution in [-0.4, -0.2) is 9.97 Å². The summed E-state index contributed by atoms with van der Waals surface area (Å²) >= 11 is 0. The van der Waals surface area contributed by atoms with Gasteiger partial charge in [-0.1, -0.05) is 60.7 Å². The third-order valence-electron chi connectivity index (χ3n) is 6.92. The quantitative estimate of drug-likeness (QED) is 0.254. The highest BCUT2D eigenvalue weighted by Gasteiger charge is 2.20. The molecule has 5 nitrogen and oxygen atoms in total. The molecule has 0 atom stereocenters. The molecule has 4 heterocycles.